The lowest BCUT2D eigenvalue weighted by Crippen LogP contribution is -2.07. The Kier molecular flexibility index (Phi) is 3.74. The van der Waals surface area contributed by atoms with Crippen molar-refractivity contribution in [2.24, 2.45) is 0 Å². The van der Waals surface area contributed by atoms with E-state index in [1.165, 1.54) is 0 Å². The van der Waals surface area contributed by atoms with Gasteiger partial charge in [-0.05, 0) is 25.3 Å². The summed E-state index contributed by atoms with van der Waals surface area (Å²) in [6.45, 7) is 0.610. The molecule has 3 rings (SSSR count). The molecule has 0 aliphatic heterocycles. The second-order valence-corrected chi connectivity index (χ2v) is 5.14. The second kappa shape index (κ2) is 5.67. The third kappa shape index (κ3) is 2.56. The van der Waals surface area contributed by atoms with Crippen molar-refractivity contribution in [3.8, 4) is 5.75 Å². The highest BCUT2D eigenvalue weighted by Gasteiger charge is 2.18. The van der Waals surface area contributed by atoms with Crippen molar-refractivity contribution in [1.82, 2.24) is 9.97 Å². The van der Waals surface area contributed by atoms with Gasteiger partial charge in [0, 0.05) is 17.7 Å². The zero-order valence-electron chi connectivity index (χ0n) is 11.3. The van der Waals surface area contributed by atoms with E-state index in [2.05, 4.69) is 15.3 Å². The number of anilines is 1. The lowest BCUT2D eigenvalue weighted by Gasteiger charge is -2.10. The van der Waals surface area contributed by atoms with Crippen molar-refractivity contribution in [2.75, 3.05) is 12.4 Å². The average molecular weight is 290 g/mol. The maximum absolute atomic E-state index is 6.20. The molecule has 0 unspecified atom stereocenters. The smallest absolute Gasteiger partial charge is 0.224 e. The number of nitrogens with zero attached hydrogens (tertiary/aromatic N) is 2. The van der Waals surface area contributed by atoms with Crippen LogP contribution < -0.4 is 10.1 Å². The van der Waals surface area contributed by atoms with Gasteiger partial charge in [0.15, 0.2) is 0 Å². The quantitative estimate of drug-likeness (QED) is 0.878. The fourth-order valence-electron chi connectivity index (χ4n) is 2.49. The number of aryl methyl sites for hydroxylation is 1. The van der Waals surface area contributed by atoms with Crippen molar-refractivity contribution < 1.29 is 4.74 Å². The number of benzene rings is 1. The molecule has 2 aromatic rings. The molecule has 104 valence electrons. The Morgan fingerprint density at radius 2 is 2.10 bits per heavy atom. The summed E-state index contributed by atoms with van der Waals surface area (Å²) >= 11 is 6.20. The first kappa shape index (κ1) is 13.2. The lowest BCUT2D eigenvalue weighted by atomic mass is 10.2. The molecule has 4 nitrogen and oxygen atoms in total. The van der Waals surface area contributed by atoms with Gasteiger partial charge < -0.3 is 10.1 Å². The van der Waals surface area contributed by atoms with Crippen LogP contribution in [0.4, 0.5) is 5.95 Å². The molecule has 0 bridgehead atoms. The van der Waals surface area contributed by atoms with Crippen LogP contribution >= 0.6 is 11.6 Å². The van der Waals surface area contributed by atoms with Gasteiger partial charge in [0.25, 0.3) is 0 Å². The van der Waals surface area contributed by atoms with Crippen molar-refractivity contribution in [1.29, 1.82) is 0 Å². The summed E-state index contributed by atoms with van der Waals surface area (Å²) in [5.74, 6) is 1.44. The van der Waals surface area contributed by atoms with Crippen LogP contribution in [0, 0.1) is 0 Å². The molecule has 1 heterocycles. The number of hydrogen-bond donors (Lipinski definition) is 1. The van der Waals surface area contributed by atoms with Crippen LogP contribution in [-0.2, 0) is 19.4 Å². The second-order valence-electron chi connectivity index (χ2n) is 4.78. The molecule has 1 aromatic heterocycles. The zero-order chi connectivity index (χ0) is 13.9. The summed E-state index contributed by atoms with van der Waals surface area (Å²) < 4.78 is 5.32. The maximum atomic E-state index is 6.20. The summed E-state index contributed by atoms with van der Waals surface area (Å²) in [5.41, 5.74) is 3.25. The van der Waals surface area contributed by atoms with Crippen molar-refractivity contribution in [2.45, 2.75) is 25.8 Å². The van der Waals surface area contributed by atoms with E-state index in [1.807, 2.05) is 24.3 Å². The highest BCUT2D eigenvalue weighted by atomic mass is 35.5. The summed E-state index contributed by atoms with van der Waals surface area (Å²) in [5, 5.41) is 3.80. The maximum Gasteiger partial charge on any atom is 0.224 e. The largest absolute Gasteiger partial charge is 0.496 e. The van der Waals surface area contributed by atoms with E-state index in [0.29, 0.717) is 17.6 Å². The van der Waals surface area contributed by atoms with E-state index in [0.717, 1.165) is 41.8 Å². The van der Waals surface area contributed by atoms with Crippen LogP contribution in [0.1, 0.15) is 23.2 Å². The normalized spacial score (nSPS) is 13.1. The van der Waals surface area contributed by atoms with E-state index in [4.69, 9.17) is 16.3 Å². The number of methoxy groups -OCH3 is 1. The van der Waals surface area contributed by atoms with Gasteiger partial charge in [-0.25, -0.2) is 9.97 Å². The molecule has 0 atom stereocenters. The number of halogens is 1. The molecule has 20 heavy (non-hydrogen) atoms. The van der Waals surface area contributed by atoms with Gasteiger partial charge in [-0.3, -0.25) is 0 Å². The third-order valence-corrected chi connectivity index (χ3v) is 3.82. The first-order valence-electron chi connectivity index (χ1n) is 6.69. The molecule has 1 N–H and O–H groups in total. The predicted molar refractivity (Wildman–Crippen MR) is 79.4 cm³/mol. The van der Waals surface area contributed by atoms with Crippen LogP contribution in [0.15, 0.2) is 24.3 Å². The van der Waals surface area contributed by atoms with Crippen LogP contribution in [-0.4, -0.2) is 17.1 Å². The number of aromatic nitrogens is 2. The fourth-order valence-corrected chi connectivity index (χ4v) is 2.77. The van der Waals surface area contributed by atoms with E-state index in [1.54, 1.807) is 7.11 Å². The molecule has 0 saturated heterocycles. The number of ether oxygens (including phenoxy) is 1. The van der Waals surface area contributed by atoms with Gasteiger partial charge in [-0.1, -0.05) is 29.8 Å². The molecule has 0 amide bonds. The molecule has 5 heteroatoms. The molecule has 1 aliphatic rings. The molecular weight excluding hydrogens is 274 g/mol. The number of hydrogen-bond acceptors (Lipinski definition) is 4. The van der Waals surface area contributed by atoms with E-state index in [-0.39, 0.29) is 0 Å². The fraction of sp³-hybridized carbons (Fsp3) is 0.333. The molecular formula is C15H16ClN3O. The van der Waals surface area contributed by atoms with Crippen LogP contribution in [0.2, 0.25) is 5.15 Å². The minimum atomic E-state index is 0.579. The van der Waals surface area contributed by atoms with Crippen molar-refractivity contribution in [3.63, 3.8) is 0 Å². The zero-order valence-corrected chi connectivity index (χ0v) is 12.1. The van der Waals surface area contributed by atoms with Gasteiger partial charge in [0.05, 0.1) is 12.8 Å². The Morgan fingerprint density at radius 3 is 2.95 bits per heavy atom. The average Bonchev–Trinajstić information content (AvgIpc) is 2.94. The number of rotatable bonds is 4. The van der Waals surface area contributed by atoms with Gasteiger partial charge in [-0.15, -0.1) is 0 Å². The van der Waals surface area contributed by atoms with Crippen molar-refractivity contribution in [3.05, 3.63) is 46.2 Å². The first-order chi connectivity index (χ1) is 9.78. The molecule has 1 aliphatic carbocycles. The Balaban J connectivity index is 1.77. The molecule has 0 saturated carbocycles. The lowest BCUT2D eigenvalue weighted by molar-refractivity contribution is 0.410. The standard InChI is InChI=1S/C15H16ClN3O/c1-20-13-8-3-2-5-10(13)9-17-15-18-12-7-4-6-11(12)14(16)19-15/h2-3,5,8H,4,6-7,9H2,1H3,(H,17,18,19). The van der Waals surface area contributed by atoms with Crippen LogP contribution in [0.25, 0.3) is 0 Å². The number of nitrogens with one attached hydrogen (secondary N) is 1. The molecule has 0 radical (unpaired) electrons. The Bertz CT molecular complexity index is 631. The van der Waals surface area contributed by atoms with Gasteiger partial charge in [0.1, 0.15) is 10.9 Å². The Labute approximate surface area is 123 Å². The highest BCUT2D eigenvalue weighted by molar-refractivity contribution is 6.30. The summed E-state index contributed by atoms with van der Waals surface area (Å²) in [6, 6.07) is 7.88. The summed E-state index contributed by atoms with van der Waals surface area (Å²) in [7, 11) is 1.67. The number of fused-ring (bicyclic) bond motifs is 1. The number of para-hydroxylation sites is 1. The Hall–Kier alpha value is -1.81. The van der Waals surface area contributed by atoms with E-state index < -0.39 is 0 Å². The van der Waals surface area contributed by atoms with Crippen LogP contribution in [0.5, 0.6) is 5.75 Å². The molecule has 1 aromatic carbocycles. The first-order valence-corrected chi connectivity index (χ1v) is 7.07. The topological polar surface area (TPSA) is 47.0 Å². The minimum absolute atomic E-state index is 0.579. The minimum Gasteiger partial charge on any atom is -0.496 e. The summed E-state index contributed by atoms with van der Waals surface area (Å²) in [6.07, 6.45) is 3.08. The highest BCUT2D eigenvalue weighted by Crippen LogP contribution is 2.27. The van der Waals surface area contributed by atoms with E-state index in [9.17, 15) is 0 Å². The summed E-state index contributed by atoms with van der Waals surface area (Å²) in [4.78, 5) is 8.85. The van der Waals surface area contributed by atoms with Gasteiger partial charge >= 0.3 is 0 Å². The SMILES string of the molecule is COc1ccccc1CNc1nc(Cl)c2c(n1)CCC2. The van der Waals surface area contributed by atoms with E-state index >= 15 is 0 Å². The third-order valence-electron chi connectivity index (χ3n) is 3.51. The van der Waals surface area contributed by atoms with Gasteiger partial charge in [0.2, 0.25) is 5.95 Å². The Morgan fingerprint density at radius 1 is 1.25 bits per heavy atom. The molecule has 0 fully saturated rings. The van der Waals surface area contributed by atoms with Crippen molar-refractivity contribution >= 4 is 17.5 Å². The van der Waals surface area contributed by atoms with Gasteiger partial charge in [-0.2, -0.15) is 0 Å². The molecule has 0 spiro atoms. The van der Waals surface area contributed by atoms with Crippen LogP contribution in [0.3, 0.4) is 0 Å². The monoisotopic (exact) mass is 289 g/mol. The predicted octanol–water partition coefficient (Wildman–Crippen LogP) is 3.24.